The minimum absolute atomic E-state index is 0.0216. The van der Waals surface area contributed by atoms with Crippen LogP contribution < -0.4 is 10.6 Å². The molecule has 0 saturated heterocycles. The zero-order chi connectivity index (χ0) is 15.6. The second kappa shape index (κ2) is 6.25. The zero-order valence-corrected chi connectivity index (χ0v) is 12.8. The second-order valence-electron chi connectivity index (χ2n) is 3.88. The number of aryl methyl sites for hydroxylation is 1. The van der Waals surface area contributed by atoms with Gasteiger partial charge in [-0.15, -0.1) is 5.10 Å². The normalized spacial score (nSPS) is 10.2. The van der Waals surface area contributed by atoms with Crippen LogP contribution in [0.5, 0.6) is 5.75 Å². The summed E-state index contributed by atoms with van der Waals surface area (Å²) in [6.45, 7) is 1.61. The molecule has 3 amide bonds. The fourth-order valence-corrected chi connectivity index (χ4v) is 2.44. The van der Waals surface area contributed by atoms with Gasteiger partial charge in [0.05, 0.1) is 15.7 Å². The average Bonchev–Trinajstić information content (AvgIpc) is 2.82. The topological polar surface area (TPSA) is 104 Å². The summed E-state index contributed by atoms with van der Waals surface area (Å²) >= 11 is 12.3. The first kappa shape index (κ1) is 15.5. The van der Waals surface area contributed by atoms with Crippen molar-refractivity contribution in [3.63, 3.8) is 0 Å². The number of imide groups is 1. The van der Waals surface area contributed by atoms with Gasteiger partial charge in [-0.05, 0) is 30.6 Å². The minimum atomic E-state index is -0.773. The van der Waals surface area contributed by atoms with Crippen LogP contribution in [0.4, 0.5) is 10.5 Å². The number of aromatic nitrogens is 2. The Balaban J connectivity index is 2.06. The first-order chi connectivity index (χ1) is 9.88. The van der Waals surface area contributed by atoms with Crippen LogP contribution in [0, 0.1) is 6.92 Å². The monoisotopic (exact) mass is 346 g/mol. The van der Waals surface area contributed by atoms with E-state index in [1.807, 2.05) is 0 Å². The van der Waals surface area contributed by atoms with Gasteiger partial charge in [-0.2, -0.15) is 0 Å². The molecule has 1 aromatic carbocycles. The molecule has 21 heavy (non-hydrogen) atoms. The summed E-state index contributed by atoms with van der Waals surface area (Å²) < 4.78 is 3.60. The Morgan fingerprint density at radius 1 is 1.29 bits per heavy atom. The molecule has 0 fully saturated rings. The first-order valence-corrected chi connectivity index (χ1v) is 7.00. The number of amides is 3. The summed E-state index contributed by atoms with van der Waals surface area (Å²) in [5.41, 5.74) is 0.660. The smallest absolute Gasteiger partial charge is 0.326 e. The highest BCUT2D eigenvalue weighted by Crippen LogP contribution is 2.34. The highest BCUT2D eigenvalue weighted by Gasteiger charge is 2.16. The van der Waals surface area contributed by atoms with Gasteiger partial charge in [-0.1, -0.05) is 27.7 Å². The Hall–Kier alpha value is -1.90. The summed E-state index contributed by atoms with van der Waals surface area (Å²) in [6, 6.07) is 1.82. The highest BCUT2D eigenvalue weighted by atomic mass is 35.5. The molecule has 2 rings (SSSR count). The van der Waals surface area contributed by atoms with Crippen LogP contribution in [0.2, 0.25) is 10.0 Å². The number of nitrogens with zero attached hydrogens (tertiary/aromatic N) is 2. The van der Waals surface area contributed by atoms with Crippen molar-refractivity contribution in [2.45, 2.75) is 6.92 Å². The zero-order valence-electron chi connectivity index (χ0n) is 10.5. The fourth-order valence-electron chi connectivity index (χ4n) is 1.40. The number of halogens is 2. The lowest BCUT2D eigenvalue weighted by atomic mass is 10.3. The lowest BCUT2D eigenvalue weighted by Crippen LogP contribution is -2.34. The van der Waals surface area contributed by atoms with Gasteiger partial charge in [0.2, 0.25) is 0 Å². The van der Waals surface area contributed by atoms with Crippen LogP contribution in [0.3, 0.4) is 0 Å². The van der Waals surface area contributed by atoms with E-state index in [0.29, 0.717) is 5.69 Å². The summed E-state index contributed by atoms with van der Waals surface area (Å²) in [4.78, 5) is 23.7. The maximum Gasteiger partial charge on any atom is 0.326 e. The Labute approximate surface area is 133 Å². The number of aromatic hydroxyl groups is 1. The van der Waals surface area contributed by atoms with E-state index >= 15 is 0 Å². The number of rotatable bonds is 2. The van der Waals surface area contributed by atoms with Gasteiger partial charge in [0.15, 0.2) is 5.75 Å². The quantitative estimate of drug-likeness (QED) is 0.725. The molecule has 1 heterocycles. The van der Waals surface area contributed by atoms with Crippen LogP contribution in [-0.2, 0) is 0 Å². The van der Waals surface area contributed by atoms with Crippen LogP contribution >= 0.6 is 34.7 Å². The third-order valence-electron chi connectivity index (χ3n) is 2.36. The maximum atomic E-state index is 11.8. The number of anilines is 1. The Morgan fingerprint density at radius 2 is 1.90 bits per heavy atom. The highest BCUT2D eigenvalue weighted by molar-refractivity contribution is 7.08. The molecule has 7 nitrogen and oxygen atoms in total. The second-order valence-corrected chi connectivity index (χ2v) is 5.45. The minimum Gasteiger partial charge on any atom is -0.505 e. The van der Waals surface area contributed by atoms with Crippen LogP contribution in [-0.4, -0.2) is 26.6 Å². The van der Waals surface area contributed by atoms with Crippen molar-refractivity contribution in [1.82, 2.24) is 14.9 Å². The van der Waals surface area contributed by atoms with Crippen LogP contribution in [0.15, 0.2) is 12.1 Å². The number of phenolic OH excluding ortho intramolecular Hbond substituents is 1. The van der Waals surface area contributed by atoms with Gasteiger partial charge in [-0.3, -0.25) is 10.1 Å². The number of phenols is 1. The van der Waals surface area contributed by atoms with E-state index in [9.17, 15) is 14.7 Å². The van der Waals surface area contributed by atoms with Crippen molar-refractivity contribution in [2.75, 3.05) is 5.32 Å². The first-order valence-electron chi connectivity index (χ1n) is 5.47. The average molecular weight is 347 g/mol. The summed E-state index contributed by atoms with van der Waals surface area (Å²) in [5, 5.41) is 17.5. The van der Waals surface area contributed by atoms with Gasteiger partial charge >= 0.3 is 6.03 Å². The van der Waals surface area contributed by atoms with Crippen molar-refractivity contribution in [2.24, 2.45) is 0 Å². The van der Waals surface area contributed by atoms with E-state index in [-0.39, 0.29) is 26.4 Å². The molecule has 0 radical (unpaired) electrons. The number of benzene rings is 1. The molecule has 0 atom stereocenters. The SMILES string of the molecule is Cc1nnsc1C(=O)NC(=O)Nc1cc(Cl)c(O)c(Cl)c1. The molecule has 0 saturated carbocycles. The third-order valence-corrected chi connectivity index (χ3v) is 3.76. The lowest BCUT2D eigenvalue weighted by Gasteiger charge is -2.08. The fraction of sp³-hybridized carbons (Fsp3) is 0.0909. The molecular weight excluding hydrogens is 339 g/mol. The predicted octanol–water partition coefficient (Wildman–Crippen LogP) is 2.82. The summed E-state index contributed by atoms with van der Waals surface area (Å²) in [6.07, 6.45) is 0. The molecular formula is C11H8Cl2N4O3S. The molecule has 0 aliphatic heterocycles. The van der Waals surface area contributed by atoms with Crippen molar-refractivity contribution in [1.29, 1.82) is 0 Å². The maximum absolute atomic E-state index is 11.8. The van der Waals surface area contributed by atoms with Crippen molar-refractivity contribution >= 4 is 52.4 Å². The van der Waals surface area contributed by atoms with E-state index in [1.54, 1.807) is 6.92 Å². The Morgan fingerprint density at radius 3 is 2.43 bits per heavy atom. The number of hydrogen-bond donors (Lipinski definition) is 3. The van der Waals surface area contributed by atoms with Crippen LogP contribution in [0.25, 0.3) is 0 Å². The predicted molar refractivity (Wildman–Crippen MR) is 79.3 cm³/mol. The molecule has 110 valence electrons. The van der Waals surface area contributed by atoms with E-state index in [1.165, 1.54) is 12.1 Å². The number of carbonyl (C=O) groups is 2. The number of hydrogen-bond acceptors (Lipinski definition) is 6. The van der Waals surface area contributed by atoms with E-state index in [4.69, 9.17) is 23.2 Å². The molecule has 3 N–H and O–H groups in total. The molecule has 10 heteroatoms. The van der Waals surface area contributed by atoms with E-state index < -0.39 is 11.9 Å². The van der Waals surface area contributed by atoms with Gasteiger partial charge < -0.3 is 10.4 Å². The molecule has 0 aliphatic carbocycles. The van der Waals surface area contributed by atoms with Crippen LogP contribution in [0.1, 0.15) is 15.4 Å². The number of urea groups is 1. The van der Waals surface area contributed by atoms with E-state index in [0.717, 1.165) is 11.5 Å². The van der Waals surface area contributed by atoms with Gasteiger partial charge in [0, 0.05) is 5.69 Å². The summed E-state index contributed by atoms with van der Waals surface area (Å²) in [7, 11) is 0. The molecule has 0 spiro atoms. The van der Waals surface area contributed by atoms with Gasteiger partial charge in [0.25, 0.3) is 5.91 Å². The molecule has 1 aromatic heterocycles. The largest absolute Gasteiger partial charge is 0.505 e. The molecule has 0 unspecified atom stereocenters. The number of nitrogens with one attached hydrogen (secondary N) is 2. The molecule has 0 bridgehead atoms. The van der Waals surface area contributed by atoms with Gasteiger partial charge in [0.1, 0.15) is 4.88 Å². The lowest BCUT2D eigenvalue weighted by molar-refractivity contribution is 0.0970. The number of carbonyl (C=O) groups excluding carboxylic acids is 2. The Kier molecular flexibility index (Phi) is 4.61. The van der Waals surface area contributed by atoms with E-state index in [2.05, 4.69) is 20.2 Å². The van der Waals surface area contributed by atoms with Crippen molar-refractivity contribution < 1.29 is 14.7 Å². The third kappa shape index (κ3) is 3.60. The standard InChI is InChI=1S/C11H8Cl2N4O3S/c1-4-9(21-17-16-4)10(19)15-11(20)14-5-2-6(12)8(18)7(13)3-5/h2-3,18H,1H3,(H2,14,15,19,20). The Bertz CT molecular complexity index is 696. The molecule has 2 aromatic rings. The van der Waals surface area contributed by atoms with Crippen molar-refractivity contribution in [3.8, 4) is 5.75 Å². The molecule has 0 aliphatic rings. The summed E-state index contributed by atoms with van der Waals surface area (Å²) in [5.74, 6) is -0.900. The van der Waals surface area contributed by atoms with Gasteiger partial charge in [-0.25, -0.2) is 4.79 Å². The van der Waals surface area contributed by atoms with Crippen molar-refractivity contribution in [3.05, 3.63) is 32.7 Å².